The number of para-hydroxylation sites is 1. The first-order valence-electron chi connectivity index (χ1n) is 7.10. The number of likely N-dealkylation sites (N-methyl/N-ethyl adjacent to an activating group) is 1. The summed E-state index contributed by atoms with van der Waals surface area (Å²) in [5.41, 5.74) is 2.32. The molecule has 2 rings (SSSR count). The highest BCUT2D eigenvalue weighted by molar-refractivity contribution is 5.85. The quantitative estimate of drug-likeness (QED) is 0.785. The highest BCUT2D eigenvalue weighted by Gasteiger charge is 2.10. The van der Waals surface area contributed by atoms with Gasteiger partial charge in [0.25, 0.3) is 0 Å². The Bertz CT molecular complexity index is 605. The molecule has 5 heteroatoms. The van der Waals surface area contributed by atoms with Crippen molar-refractivity contribution < 1.29 is 9.53 Å². The van der Waals surface area contributed by atoms with Gasteiger partial charge in [-0.05, 0) is 17.0 Å². The predicted molar refractivity (Wildman–Crippen MR) is 84.2 cm³/mol. The van der Waals surface area contributed by atoms with Crippen LogP contribution in [0.15, 0.2) is 30.5 Å². The van der Waals surface area contributed by atoms with Gasteiger partial charge in [0.05, 0.1) is 12.1 Å². The number of aromatic nitrogens is 1. The van der Waals surface area contributed by atoms with Gasteiger partial charge in [-0.2, -0.15) is 0 Å². The van der Waals surface area contributed by atoms with Crippen molar-refractivity contribution in [2.45, 2.75) is 13.1 Å². The zero-order chi connectivity index (χ0) is 15.2. The van der Waals surface area contributed by atoms with Gasteiger partial charge in [0.1, 0.15) is 6.54 Å². The summed E-state index contributed by atoms with van der Waals surface area (Å²) in [6.07, 6.45) is 1.98. The van der Waals surface area contributed by atoms with Gasteiger partial charge < -0.3 is 19.5 Å². The molecule has 1 heterocycles. The maximum absolute atomic E-state index is 11.9. The number of carbonyl (C=O) groups excluding carboxylic acids is 1. The molecule has 0 radical (unpaired) electrons. The van der Waals surface area contributed by atoms with Crippen molar-refractivity contribution in [3.05, 3.63) is 36.0 Å². The number of methoxy groups -OCH3 is 1. The summed E-state index contributed by atoms with van der Waals surface area (Å²) in [6.45, 7) is 2.63. The Morgan fingerprint density at radius 2 is 2.14 bits per heavy atom. The fourth-order valence-corrected chi connectivity index (χ4v) is 2.30. The number of hydrogen-bond donors (Lipinski definition) is 1. The van der Waals surface area contributed by atoms with Crippen molar-refractivity contribution in [2.24, 2.45) is 0 Å². The average Bonchev–Trinajstić information content (AvgIpc) is 2.87. The van der Waals surface area contributed by atoms with E-state index in [1.807, 2.05) is 16.8 Å². The van der Waals surface area contributed by atoms with Gasteiger partial charge >= 0.3 is 0 Å². The van der Waals surface area contributed by atoms with E-state index >= 15 is 0 Å². The van der Waals surface area contributed by atoms with Crippen LogP contribution < -0.4 is 5.32 Å². The molecule has 1 aromatic carbocycles. The van der Waals surface area contributed by atoms with E-state index in [1.165, 1.54) is 5.56 Å². The third-order valence-corrected chi connectivity index (χ3v) is 3.47. The molecule has 0 atom stereocenters. The SMILES string of the molecule is COCCNCc1cccc2ccn(CC(=O)N(C)C)c12. The van der Waals surface area contributed by atoms with E-state index in [4.69, 9.17) is 4.74 Å². The molecule has 5 nitrogen and oxygen atoms in total. The van der Waals surface area contributed by atoms with Gasteiger partial charge in [0.15, 0.2) is 0 Å². The maximum Gasteiger partial charge on any atom is 0.241 e. The van der Waals surface area contributed by atoms with E-state index in [2.05, 4.69) is 23.5 Å². The molecule has 0 spiro atoms. The second-order valence-corrected chi connectivity index (χ2v) is 5.26. The molecule has 0 bridgehead atoms. The Morgan fingerprint density at radius 3 is 2.86 bits per heavy atom. The lowest BCUT2D eigenvalue weighted by atomic mass is 10.1. The molecule has 0 aliphatic heterocycles. The Hall–Kier alpha value is -1.85. The minimum absolute atomic E-state index is 0.0923. The van der Waals surface area contributed by atoms with Crippen LogP contribution in [0.25, 0.3) is 10.9 Å². The molecular weight excluding hydrogens is 266 g/mol. The lowest BCUT2D eigenvalue weighted by Gasteiger charge is -2.14. The molecule has 1 N–H and O–H groups in total. The number of nitrogens with one attached hydrogen (secondary N) is 1. The molecule has 2 aromatic rings. The van der Waals surface area contributed by atoms with E-state index in [0.717, 1.165) is 24.0 Å². The molecule has 21 heavy (non-hydrogen) atoms. The van der Waals surface area contributed by atoms with Crippen molar-refractivity contribution in [3.63, 3.8) is 0 Å². The van der Waals surface area contributed by atoms with Crippen LogP contribution in [0.3, 0.4) is 0 Å². The molecule has 0 aliphatic carbocycles. The number of amides is 1. The van der Waals surface area contributed by atoms with Gasteiger partial charge in [-0.25, -0.2) is 0 Å². The Kier molecular flexibility index (Phi) is 5.36. The number of rotatable bonds is 7. The predicted octanol–water partition coefficient (Wildman–Crippen LogP) is 1.47. The van der Waals surface area contributed by atoms with Gasteiger partial charge in [0.2, 0.25) is 5.91 Å². The average molecular weight is 289 g/mol. The second-order valence-electron chi connectivity index (χ2n) is 5.26. The molecule has 1 aromatic heterocycles. The number of nitrogens with zero attached hydrogens (tertiary/aromatic N) is 2. The fraction of sp³-hybridized carbons (Fsp3) is 0.438. The number of hydrogen-bond acceptors (Lipinski definition) is 3. The summed E-state index contributed by atoms with van der Waals surface area (Å²) in [7, 11) is 5.25. The Morgan fingerprint density at radius 1 is 1.33 bits per heavy atom. The van der Waals surface area contributed by atoms with Crippen molar-refractivity contribution in [1.29, 1.82) is 0 Å². The summed E-state index contributed by atoms with van der Waals surface area (Å²) in [5, 5.41) is 4.51. The van der Waals surface area contributed by atoms with Crippen LogP contribution >= 0.6 is 0 Å². The topological polar surface area (TPSA) is 46.5 Å². The zero-order valence-electron chi connectivity index (χ0n) is 12.9. The summed E-state index contributed by atoms with van der Waals surface area (Å²) in [6, 6.07) is 8.27. The number of benzene rings is 1. The van der Waals surface area contributed by atoms with Crippen molar-refractivity contribution in [3.8, 4) is 0 Å². The summed E-state index contributed by atoms with van der Waals surface area (Å²) >= 11 is 0. The minimum atomic E-state index is 0.0923. The first kappa shape index (κ1) is 15.5. The molecule has 1 amide bonds. The minimum Gasteiger partial charge on any atom is -0.383 e. The highest BCUT2D eigenvalue weighted by Crippen LogP contribution is 2.20. The lowest BCUT2D eigenvalue weighted by molar-refractivity contribution is -0.129. The van der Waals surface area contributed by atoms with E-state index in [0.29, 0.717) is 13.2 Å². The van der Waals surface area contributed by atoms with Crippen LogP contribution in [-0.2, 0) is 22.6 Å². The number of fused-ring (bicyclic) bond motifs is 1. The fourth-order valence-electron chi connectivity index (χ4n) is 2.30. The van der Waals surface area contributed by atoms with Gasteiger partial charge in [-0.3, -0.25) is 4.79 Å². The van der Waals surface area contributed by atoms with Crippen LogP contribution in [0.1, 0.15) is 5.56 Å². The Balaban J connectivity index is 2.20. The van der Waals surface area contributed by atoms with E-state index in [-0.39, 0.29) is 5.91 Å². The van der Waals surface area contributed by atoms with Crippen molar-refractivity contribution >= 4 is 16.8 Å². The molecule has 0 saturated carbocycles. The highest BCUT2D eigenvalue weighted by atomic mass is 16.5. The first-order valence-corrected chi connectivity index (χ1v) is 7.10. The number of ether oxygens (including phenoxy) is 1. The van der Waals surface area contributed by atoms with Crippen LogP contribution in [0, 0.1) is 0 Å². The lowest BCUT2D eigenvalue weighted by Crippen LogP contribution is -2.26. The third-order valence-electron chi connectivity index (χ3n) is 3.47. The zero-order valence-corrected chi connectivity index (χ0v) is 12.9. The van der Waals surface area contributed by atoms with Gasteiger partial charge in [-0.1, -0.05) is 18.2 Å². The summed E-state index contributed by atoms with van der Waals surface area (Å²) < 4.78 is 7.06. The molecule has 0 unspecified atom stereocenters. The van der Waals surface area contributed by atoms with E-state index in [9.17, 15) is 4.79 Å². The summed E-state index contributed by atoms with van der Waals surface area (Å²) in [4.78, 5) is 13.6. The van der Waals surface area contributed by atoms with Crippen LogP contribution in [0.5, 0.6) is 0 Å². The van der Waals surface area contributed by atoms with E-state index < -0.39 is 0 Å². The summed E-state index contributed by atoms with van der Waals surface area (Å²) in [5.74, 6) is 0.0923. The molecule has 0 aliphatic rings. The van der Waals surface area contributed by atoms with Gasteiger partial charge in [-0.15, -0.1) is 0 Å². The van der Waals surface area contributed by atoms with Crippen LogP contribution in [0.2, 0.25) is 0 Å². The molecule has 0 fully saturated rings. The normalized spacial score (nSPS) is 11.0. The van der Waals surface area contributed by atoms with Gasteiger partial charge in [0, 0.05) is 40.5 Å². The maximum atomic E-state index is 11.9. The van der Waals surface area contributed by atoms with Crippen LogP contribution in [0.4, 0.5) is 0 Å². The largest absolute Gasteiger partial charge is 0.383 e. The Labute approximate surface area is 125 Å². The first-order chi connectivity index (χ1) is 10.1. The molecule has 114 valence electrons. The molecular formula is C16H23N3O2. The van der Waals surface area contributed by atoms with Crippen molar-refractivity contribution in [2.75, 3.05) is 34.4 Å². The smallest absolute Gasteiger partial charge is 0.241 e. The monoisotopic (exact) mass is 289 g/mol. The number of carbonyl (C=O) groups is 1. The molecule has 0 saturated heterocycles. The standard InChI is InChI=1S/C16H23N3O2/c1-18(2)15(20)12-19-9-7-13-5-4-6-14(16(13)19)11-17-8-10-21-3/h4-7,9,17H,8,10-12H2,1-3H3. The van der Waals surface area contributed by atoms with Crippen LogP contribution in [-0.4, -0.2) is 49.7 Å². The van der Waals surface area contributed by atoms with Crippen molar-refractivity contribution in [1.82, 2.24) is 14.8 Å². The third kappa shape index (κ3) is 3.83. The second kappa shape index (κ2) is 7.24. The van der Waals surface area contributed by atoms with E-state index in [1.54, 1.807) is 26.1 Å².